The molecule has 1 aliphatic rings. The van der Waals surface area contributed by atoms with E-state index in [9.17, 15) is 13.6 Å². The fraction of sp³-hybridized carbons (Fsp3) is 0.467. The van der Waals surface area contributed by atoms with Gasteiger partial charge >= 0.3 is 0 Å². The van der Waals surface area contributed by atoms with Crippen LogP contribution in [0.25, 0.3) is 11.0 Å². The Labute approximate surface area is 121 Å². The van der Waals surface area contributed by atoms with Crippen LogP contribution in [0.5, 0.6) is 0 Å². The Kier molecular flexibility index (Phi) is 3.61. The van der Waals surface area contributed by atoms with Crippen molar-refractivity contribution in [3.05, 3.63) is 30.1 Å². The van der Waals surface area contributed by atoms with Crippen molar-refractivity contribution in [1.82, 2.24) is 14.9 Å². The molecule has 21 heavy (non-hydrogen) atoms. The van der Waals surface area contributed by atoms with Crippen molar-refractivity contribution in [3.63, 3.8) is 0 Å². The van der Waals surface area contributed by atoms with E-state index in [-0.39, 0.29) is 11.9 Å². The second-order valence-corrected chi connectivity index (χ2v) is 5.57. The number of carbonyl (C=O) groups excluding carboxylic acids is 1. The van der Waals surface area contributed by atoms with Crippen LogP contribution >= 0.6 is 0 Å². The van der Waals surface area contributed by atoms with E-state index < -0.39 is 17.7 Å². The van der Waals surface area contributed by atoms with Gasteiger partial charge in [-0.05, 0) is 19.8 Å². The molecule has 0 spiro atoms. The molecule has 6 heteroatoms. The second-order valence-electron chi connectivity index (χ2n) is 5.57. The number of hydrogen-bond donors (Lipinski definition) is 1. The van der Waals surface area contributed by atoms with Crippen LogP contribution in [0.3, 0.4) is 0 Å². The first kappa shape index (κ1) is 14.0. The van der Waals surface area contributed by atoms with Crippen molar-refractivity contribution in [2.24, 2.45) is 0 Å². The molecule has 1 amide bonds. The number of halogens is 2. The van der Waals surface area contributed by atoms with Crippen molar-refractivity contribution in [2.75, 3.05) is 0 Å². The maximum absolute atomic E-state index is 13.4. The van der Waals surface area contributed by atoms with Crippen LogP contribution in [0.1, 0.15) is 38.6 Å². The fourth-order valence-electron chi connectivity index (χ4n) is 2.85. The van der Waals surface area contributed by atoms with E-state index in [1.807, 2.05) is 0 Å². The van der Waals surface area contributed by atoms with Gasteiger partial charge in [0.2, 0.25) is 5.91 Å². The average Bonchev–Trinajstić information content (AvgIpc) is 3.08. The molecule has 1 aromatic carbocycles. The van der Waals surface area contributed by atoms with E-state index in [2.05, 4.69) is 10.3 Å². The third kappa shape index (κ3) is 2.62. The van der Waals surface area contributed by atoms with Gasteiger partial charge in [0.15, 0.2) is 11.6 Å². The van der Waals surface area contributed by atoms with Crippen molar-refractivity contribution in [3.8, 4) is 0 Å². The van der Waals surface area contributed by atoms with Crippen molar-refractivity contribution >= 4 is 16.9 Å². The molecule has 1 heterocycles. The Morgan fingerprint density at radius 2 is 2.00 bits per heavy atom. The predicted molar refractivity (Wildman–Crippen MR) is 74.8 cm³/mol. The van der Waals surface area contributed by atoms with Gasteiger partial charge in [0.1, 0.15) is 6.04 Å². The number of benzene rings is 1. The normalized spacial score (nSPS) is 17.3. The first-order chi connectivity index (χ1) is 10.1. The Morgan fingerprint density at radius 1 is 1.33 bits per heavy atom. The maximum atomic E-state index is 13.4. The van der Waals surface area contributed by atoms with Crippen molar-refractivity contribution < 1.29 is 13.6 Å². The third-order valence-electron chi connectivity index (χ3n) is 4.12. The molecular weight excluding hydrogens is 276 g/mol. The lowest BCUT2D eigenvalue weighted by Gasteiger charge is -2.18. The molecular formula is C15H17F2N3O. The van der Waals surface area contributed by atoms with Crippen LogP contribution in [-0.2, 0) is 4.79 Å². The Morgan fingerprint density at radius 3 is 2.71 bits per heavy atom. The number of nitrogens with zero attached hydrogens (tertiary/aromatic N) is 2. The van der Waals surface area contributed by atoms with Gasteiger partial charge in [0.05, 0.1) is 17.4 Å². The lowest BCUT2D eigenvalue weighted by atomic mass is 10.2. The summed E-state index contributed by atoms with van der Waals surface area (Å²) in [6, 6.07) is 1.84. The monoisotopic (exact) mass is 293 g/mol. The van der Waals surface area contributed by atoms with Gasteiger partial charge in [-0.2, -0.15) is 0 Å². The number of hydrogen-bond acceptors (Lipinski definition) is 2. The number of nitrogens with one attached hydrogen (secondary N) is 1. The molecule has 3 rings (SSSR count). The third-order valence-corrected chi connectivity index (χ3v) is 4.12. The van der Waals surface area contributed by atoms with Gasteiger partial charge in [-0.25, -0.2) is 13.8 Å². The molecule has 1 N–H and O–H groups in total. The first-order valence-corrected chi connectivity index (χ1v) is 7.18. The average molecular weight is 293 g/mol. The highest BCUT2D eigenvalue weighted by Gasteiger charge is 2.23. The number of fused-ring (bicyclic) bond motifs is 1. The summed E-state index contributed by atoms with van der Waals surface area (Å²) >= 11 is 0. The van der Waals surface area contributed by atoms with Gasteiger partial charge in [0.25, 0.3) is 0 Å². The SMILES string of the molecule is CC(C(=O)NC1CCCC1)n1cnc2cc(F)c(F)cc21. The van der Waals surface area contributed by atoms with Crippen molar-refractivity contribution in [1.29, 1.82) is 0 Å². The zero-order valence-corrected chi connectivity index (χ0v) is 11.8. The van der Waals surface area contributed by atoms with Crippen LogP contribution in [0, 0.1) is 11.6 Å². The Balaban J connectivity index is 1.85. The van der Waals surface area contributed by atoms with Crippen LogP contribution in [0.15, 0.2) is 18.5 Å². The summed E-state index contributed by atoms with van der Waals surface area (Å²) in [4.78, 5) is 16.3. The van der Waals surface area contributed by atoms with Crippen LogP contribution < -0.4 is 5.32 Å². The minimum atomic E-state index is -0.937. The number of carbonyl (C=O) groups is 1. The standard InChI is InChI=1S/C15H17F2N3O/c1-9(15(21)19-10-4-2-3-5-10)20-8-18-13-6-11(16)12(17)7-14(13)20/h6-10H,2-5H2,1H3,(H,19,21). The molecule has 1 unspecified atom stereocenters. The highest BCUT2D eigenvalue weighted by molar-refractivity contribution is 5.83. The lowest BCUT2D eigenvalue weighted by molar-refractivity contribution is -0.124. The molecule has 1 atom stereocenters. The smallest absolute Gasteiger partial charge is 0.243 e. The topological polar surface area (TPSA) is 46.9 Å². The summed E-state index contributed by atoms with van der Waals surface area (Å²) in [5, 5.41) is 3.00. The summed E-state index contributed by atoms with van der Waals surface area (Å²) in [6.45, 7) is 1.73. The Hall–Kier alpha value is -1.98. The Bertz CT molecular complexity index is 677. The number of aromatic nitrogens is 2. The number of imidazole rings is 1. The van der Waals surface area contributed by atoms with Gasteiger partial charge in [-0.1, -0.05) is 12.8 Å². The van der Waals surface area contributed by atoms with E-state index in [0.29, 0.717) is 11.0 Å². The molecule has 0 aliphatic heterocycles. The lowest BCUT2D eigenvalue weighted by Crippen LogP contribution is -2.37. The highest BCUT2D eigenvalue weighted by Crippen LogP contribution is 2.22. The van der Waals surface area contributed by atoms with Crippen LogP contribution in [0.2, 0.25) is 0 Å². The quantitative estimate of drug-likeness (QED) is 0.945. The van der Waals surface area contributed by atoms with Gasteiger partial charge in [-0.3, -0.25) is 4.79 Å². The predicted octanol–water partition coefficient (Wildman–Crippen LogP) is 2.93. The van der Waals surface area contributed by atoms with Crippen LogP contribution in [-0.4, -0.2) is 21.5 Å². The largest absolute Gasteiger partial charge is 0.352 e. The summed E-state index contributed by atoms with van der Waals surface area (Å²) in [6.07, 6.45) is 5.73. The van der Waals surface area contributed by atoms with Crippen molar-refractivity contribution in [2.45, 2.75) is 44.7 Å². The van der Waals surface area contributed by atoms with E-state index in [1.54, 1.807) is 11.5 Å². The molecule has 0 radical (unpaired) electrons. The highest BCUT2D eigenvalue weighted by atomic mass is 19.2. The number of rotatable bonds is 3. The fourth-order valence-corrected chi connectivity index (χ4v) is 2.85. The van der Waals surface area contributed by atoms with E-state index >= 15 is 0 Å². The van der Waals surface area contributed by atoms with Gasteiger partial charge in [0, 0.05) is 18.2 Å². The minimum absolute atomic E-state index is 0.120. The zero-order valence-electron chi connectivity index (χ0n) is 11.8. The van der Waals surface area contributed by atoms with Gasteiger partial charge in [-0.15, -0.1) is 0 Å². The first-order valence-electron chi connectivity index (χ1n) is 7.18. The summed E-state index contributed by atoms with van der Waals surface area (Å²) in [5.41, 5.74) is 0.761. The van der Waals surface area contributed by atoms with Crippen LogP contribution in [0.4, 0.5) is 8.78 Å². The molecule has 1 saturated carbocycles. The molecule has 0 bridgehead atoms. The molecule has 4 nitrogen and oxygen atoms in total. The maximum Gasteiger partial charge on any atom is 0.243 e. The molecule has 1 aromatic heterocycles. The van der Waals surface area contributed by atoms with Gasteiger partial charge < -0.3 is 9.88 Å². The molecule has 1 fully saturated rings. The second kappa shape index (κ2) is 5.42. The molecule has 0 saturated heterocycles. The van der Waals surface area contributed by atoms with E-state index in [4.69, 9.17) is 0 Å². The summed E-state index contributed by atoms with van der Waals surface area (Å²) in [5.74, 6) is -1.99. The number of amides is 1. The molecule has 112 valence electrons. The van der Waals surface area contributed by atoms with E-state index in [0.717, 1.165) is 37.8 Å². The summed E-state index contributed by atoms with van der Waals surface area (Å²) in [7, 11) is 0. The summed E-state index contributed by atoms with van der Waals surface area (Å²) < 4.78 is 28.1. The zero-order chi connectivity index (χ0) is 15.0. The van der Waals surface area contributed by atoms with E-state index in [1.165, 1.54) is 6.33 Å². The molecule has 2 aromatic rings. The molecule has 1 aliphatic carbocycles. The minimum Gasteiger partial charge on any atom is -0.352 e.